The topological polar surface area (TPSA) is 62.2 Å². The molecule has 0 amide bonds. The highest BCUT2D eigenvalue weighted by Crippen LogP contribution is 2.24. The Morgan fingerprint density at radius 1 is 1.39 bits per heavy atom. The fraction of sp³-hybridized carbons (Fsp3) is 0.231. The van der Waals surface area contributed by atoms with Gasteiger partial charge in [0.25, 0.3) is 0 Å². The number of hydrogen-bond donors (Lipinski definition) is 2. The van der Waals surface area contributed by atoms with Gasteiger partial charge in [-0.1, -0.05) is 17.7 Å². The number of halogens is 1. The summed E-state index contributed by atoms with van der Waals surface area (Å²) in [6.45, 7) is 0.574. The molecule has 0 radical (unpaired) electrons. The van der Waals surface area contributed by atoms with E-state index in [1.807, 2.05) is 24.3 Å². The maximum atomic E-state index is 10.4. The van der Waals surface area contributed by atoms with E-state index in [0.29, 0.717) is 18.0 Å². The van der Waals surface area contributed by atoms with Crippen molar-refractivity contribution in [3.05, 3.63) is 35.5 Å². The Balaban J connectivity index is 2.12. The monoisotopic (exact) mass is 264 g/mol. The number of anilines is 1. The lowest BCUT2D eigenvalue weighted by Crippen LogP contribution is -2.06. The number of hydrogen-bond acceptors (Lipinski definition) is 3. The number of nitrogens with zero attached hydrogens (tertiary/aromatic N) is 1. The van der Waals surface area contributed by atoms with E-state index in [9.17, 15) is 4.79 Å². The quantitative estimate of drug-likeness (QED) is 0.815. The van der Waals surface area contributed by atoms with Crippen LogP contribution in [-0.4, -0.2) is 22.6 Å². The van der Waals surface area contributed by atoms with Crippen LogP contribution in [0.5, 0.6) is 0 Å². The third kappa shape index (κ3) is 3.11. The number of carboxylic acids is 1. The molecule has 0 saturated heterocycles. The highest BCUT2D eigenvalue weighted by Gasteiger charge is 2.03. The van der Waals surface area contributed by atoms with Crippen LogP contribution in [0.25, 0.3) is 10.8 Å². The first kappa shape index (κ1) is 12.6. The number of pyridine rings is 1. The first-order valence-corrected chi connectivity index (χ1v) is 6.04. The lowest BCUT2D eigenvalue weighted by molar-refractivity contribution is -0.137. The number of aromatic nitrogens is 1. The van der Waals surface area contributed by atoms with Gasteiger partial charge in [-0.05, 0) is 30.0 Å². The number of fused-ring (bicyclic) bond motifs is 1. The van der Waals surface area contributed by atoms with E-state index in [2.05, 4.69) is 10.3 Å². The summed E-state index contributed by atoms with van der Waals surface area (Å²) in [5.41, 5.74) is 0. The molecular formula is C13H13ClN2O2. The maximum Gasteiger partial charge on any atom is 0.303 e. The molecular weight excluding hydrogens is 252 g/mol. The van der Waals surface area contributed by atoms with Crippen molar-refractivity contribution in [2.75, 3.05) is 11.9 Å². The molecule has 0 unspecified atom stereocenters. The van der Waals surface area contributed by atoms with Crippen molar-refractivity contribution in [2.24, 2.45) is 0 Å². The summed E-state index contributed by atoms with van der Waals surface area (Å²) in [7, 11) is 0. The molecule has 1 aromatic carbocycles. The van der Waals surface area contributed by atoms with E-state index in [-0.39, 0.29) is 6.42 Å². The minimum atomic E-state index is -0.786. The average Bonchev–Trinajstić information content (AvgIpc) is 2.34. The predicted molar refractivity (Wildman–Crippen MR) is 72.1 cm³/mol. The number of benzene rings is 1. The Morgan fingerprint density at radius 2 is 2.22 bits per heavy atom. The standard InChI is InChI=1S/C13H13ClN2O2/c14-10-4-3-9-5-7-16-13(11(9)8-10)15-6-1-2-12(17)18/h3-5,7-8H,1-2,6H2,(H,15,16)(H,17,18). The van der Waals surface area contributed by atoms with Gasteiger partial charge in [0.2, 0.25) is 0 Å². The Bertz CT molecular complexity index is 572. The number of rotatable bonds is 5. The van der Waals surface area contributed by atoms with Gasteiger partial charge in [-0.3, -0.25) is 4.79 Å². The van der Waals surface area contributed by atoms with E-state index in [1.54, 1.807) is 6.20 Å². The summed E-state index contributed by atoms with van der Waals surface area (Å²) in [4.78, 5) is 14.7. The van der Waals surface area contributed by atoms with Crippen molar-refractivity contribution < 1.29 is 9.90 Å². The first-order valence-electron chi connectivity index (χ1n) is 5.67. The molecule has 2 aromatic rings. The summed E-state index contributed by atoms with van der Waals surface area (Å²) < 4.78 is 0. The number of aliphatic carboxylic acids is 1. The van der Waals surface area contributed by atoms with Crippen LogP contribution in [-0.2, 0) is 4.79 Å². The van der Waals surface area contributed by atoms with Crippen LogP contribution in [0.4, 0.5) is 5.82 Å². The molecule has 1 heterocycles. The predicted octanol–water partition coefficient (Wildman–Crippen LogP) is 3.16. The van der Waals surface area contributed by atoms with E-state index in [1.165, 1.54) is 0 Å². The lowest BCUT2D eigenvalue weighted by Gasteiger charge is -2.08. The van der Waals surface area contributed by atoms with E-state index in [0.717, 1.165) is 16.6 Å². The van der Waals surface area contributed by atoms with Crippen LogP contribution in [0.2, 0.25) is 5.02 Å². The number of nitrogens with one attached hydrogen (secondary N) is 1. The van der Waals surface area contributed by atoms with Gasteiger partial charge in [-0.2, -0.15) is 0 Å². The molecule has 4 nitrogen and oxygen atoms in total. The molecule has 0 atom stereocenters. The smallest absolute Gasteiger partial charge is 0.303 e. The highest BCUT2D eigenvalue weighted by molar-refractivity contribution is 6.31. The van der Waals surface area contributed by atoms with Crippen LogP contribution in [0.15, 0.2) is 30.5 Å². The van der Waals surface area contributed by atoms with Gasteiger partial charge in [0, 0.05) is 29.6 Å². The number of carbonyl (C=O) groups is 1. The van der Waals surface area contributed by atoms with Gasteiger partial charge in [-0.15, -0.1) is 0 Å². The van der Waals surface area contributed by atoms with E-state index in [4.69, 9.17) is 16.7 Å². The Hall–Kier alpha value is -1.81. The SMILES string of the molecule is O=C(O)CCCNc1nccc2ccc(Cl)cc12. The van der Waals surface area contributed by atoms with Crippen LogP contribution in [0.1, 0.15) is 12.8 Å². The molecule has 1 aromatic heterocycles. The molecule has 0 fully saturated rings. The molecule has 5 heteroatoms. The molecule has 2 rings (SSSR count). The minimum Gasteiger partial charge on any atom is -0.481 e. The van der Waals surface area contributed by atoms with Crippen molar-refractivity contribution in [3.8, 4) is 0 Å². The van der Waals surface area contributed by atoms with Gasteiger partial charge in [0.15, 0.2) is 0 Å². The third-order valence-electron chi connectivity index (χ3n) is 2.59. The van der Waals surface area contributed by atoms with Crippen molar-refractivity contribution in [2.45, 2.75) is 12.8 Å². The van der Waals surface area contributed by atoms with Gasteiger partial charge < -0.3 is 10.4 Å². The second-order valence-corrected chi connectivity index (χ2v) is 4.39. The van der Waals surface area contributed by atoms with Gasteiger partial charge in [-0.25, -0.2) is 4.98 Å². The van der Waals surface area contributed by atoms with Crippen molar-refractivity contribution in [1.29, 1.82) is 0 Å². The normalized spacial score (nSPS) is 10.5. The van der Waals surface area contributed by atoms with Crippen LogP contribution in [0, 0.1) is 0 Å². The molecule has 0 aliphatic carbocycles. The summed E-state index contributed by atoms with van der Waals surface area (Å²) in [5.74, 6) is -0.0499. The second-order valence-electron chi connectivity index (χ2n) is 3.95. The maximum absolute atomic E-state index is 10.4. The Kier molecular flexibility index (Phi) is 3.99. The Labute approximate surface area is 110 Å². The van der Waals surface area contributed by atoms with Crippen LogP contribution < -0.4 is 5.32 Å². The largest absolute Gasteiger partial charge is 0.481 e. The first-order chi connectivity index (χ1) is 8.66. The number of carboxylic acid groups (broad SMARTS) is 1. The van der Waals surface area contributed by atoms with Gasteiger partial charge in [0.05, 0.1) is 0 Å². The molecule has 0 spiro atoms. The van der Waals surface area contributed by atoms with Crippen molar-refractivity contribution >= 4 is 34.2 Å². The molecule has 0 saturated carbocycles. The summed E-state index contributed by atoms with van der Waals surface area (Å²) in [6, 6.07) is 7.53. The lowest BCUT2D eigenvalue weighted by atomic mass is 10.1. The summed E-state index contributed by atoms with van der Waals surface area (Å²) in [6.07, 6.45) is 2.43. The fourth-order valence-electron chi connectivity index (χ4n) is 1.73. The molecule has 0 aliphatic heterocycles. The van der Waals surface area contributed by atoms with Crippen molar-refractivity contribution in [1.82, 2.24) is 4.98 Å². The highest BCUT2D eigenvalue weighted by atomic mass is 35.5. The van der Waals surface area contributed by atoms with E-state index >= 15 is 0 Å². The summed E-state index contributed by atoms with van der Waals surface area (Å²) in [5, 5.41) is 14.3. The zero-order chi connectivity index (χ0) is 13.0. The van der Waals surface area contributed by atoms with Crippen molar-refractivity contribution in [3.63, 3.8) is 0 Å². The van der Waals surface area contributed by atoms with Gasteiger partial charge >= 0.3 is 5.97 Å². The molecule has 18 heavy (non-hydrogen) atoms. The van der Waals surface area contributed by atoms with Crippen LogP contribution >= 0.6 is 11.6 Å². The second kappa shape index (κ2) is 5.69. The third-order valence-corrected chi connectivity index (χ3v) is 2.82. The zero-order valence-corrected chi connectivity index (χ0v) is 10.4. The zero-order valence-electron chi connectivity index (χ0n) is 9.69. The minimum absolute atomic E-state index is 0.151. The summed E-state index contributed by atoms with van der Waals surface area (Å²) >= 11 is 5.96. The van der Waals surface area contributed by atoms with Gasteiger partial charge in [0.1, 0.15) is 5.82 Å². The fourth-order valence-corrected chi connectivity index (χ4v) is 1.90. The Morgan fingerprint density at radius 3 is 3.00 bits per heavy atom. The molecule has 0 aliphatic rings. The van der Waals surface area contributed by atoms with Crippen LogP contribution in [0.3, 0.4) is 0 Å². The average molecular weight is 265 g/mol. The molecule has 94 valence electrons. The van der Waals surface area contributed by atoms with E-state index < -0.39 is 5.97 Å². The molecule has 2 N–H and O–H groups in total. The molecule has 0 bridgehead atoms.